The molecule has 0 aromatic carbocycles. The third kappa shape index (κ3) is 4.41. The van der Waals surface area contributed by atoms with Gasteiger partial charge in [-0.2, -0.15) is 13.2 Å². The molecule has 0 radical (unpaired) electrons. The maximum Gasteiger partial charge on any atom is 0.433 e. The maximum absolute atomic E-state index is 12.9. The highest BCUT2D eigenvalue weighted by molar-refractivity contribution is 6.08. The monoisotopic (exact) mass is 449 g/mol. The Hall–Kier alpha value is -3.51. The minimum absolute atomic E-state index is 0.0748. The summed E-state index contributed by atoms with van der Waals surface area (Å²) in [5, 5.41) is 4.93. The van der Waals surface area contributed by atoms with Crippen LogP contribution >= 0.6 is 0 Å². The molecule has 0 spiro atoms. The van der Waals surface area contributed by atoms with E-state index >= 15 is 0 Å². The minimum atomic E-state index is -4.69. The molecule has 0 aliphatic carbocycles. The van der Waals surface area contributed by atoms with Gasteiger partial charge in [-0.15, -0.1) is 0 Å². The van der Waals surface area contributed by atoms with Gasteiger partial charge in [0.25, 0.3) is 11.8 Å². The normalized spacial score (nSPS) is 16.7. The average molecular weight is 449 g/mol. The van der Waals surface area contributed by atoms with Crippen molar-refractivity contribution in [2.45, 2.75) is 12.3 Å². The number of halogens is 3. The van der Waals surface area contributed by atoms with Gasteiger partial charge in [0.15, 0.2) is 0 Å². The van der Waals surface area contributed by atoms with Crippen molar-refractivity contribution in [2.75, 3.05) is 32.2 Å². The number of anilines is 1. The van der Waals surface area contributed by atoms with Crippen LogP contribution in [0, 0.1) is 0 Å². The zero-order valence-corrected chi connectivity index (χ0v) is 16.8. The molecule has 1 aliphatic rings. The minimum Gasteiger partial charge on any atom is -0.376 e. The second kappa shape index (κ2) is 8.55. The first-order valence-electron chi connectivity index (χ1n) is 9.56. The van der Waals surface area contributed by atoms with Crippen LogP contribution < -0.4 is 10.6 Å². The number of nitrogens with zero attached hydrogens (tertiary/aromatic N) is 3. The highest BCUT2D eigenvalue weighted by Crippen LogP contribution is 2.28. The Morgan fingerprint density at radius 2 is 1.97 bits per heavy atom. The molecule has 0 saturated carbocycles. The third-order valence-corrected chi connectivity index (χ3v) is 4.75. The van der Waals surface area contributed by atoms with Crippen molar-refractivity contribution in [1.82, 2.24) is 19.7 Å². The van der Waals surface area contributed by atoms with E-state index in [1.54, 1.807) is 10.6 Å². The number of pyridine rings is 2. The van der Waals surface area contributed by atoms with Crippen LogP contribution in [0.15, 0.2) is 36.7 Å². The first-order chi connectivity index (χ1) is 15.3. The fourth-order valence-corrected chi connectivity index (χ4v) is 3.19. The van der Waals surface area contributed by atoms with Crippen LogP contribution in [-0.2, 0) is 15.7 Å². The van der Waals surface area contributed by atoms with Crippen LogP contribution in [0.25, 0.3) is 5.65 Å². The van der Waals surface area contributed by atoms with E-state index in [-0.39, 0.29) is 17.4 Å². The Balaban J connectivity index is 1.68. The fraction of sp³-hybridized carbons (Fsp3) is 0.300. The smallest absolute Gasteiger partial charge is 0.376 e. The van der Waals surface area contributed by atoms with Gasteiger partial charge in [-0.3, -0.25) is 9.59 Å². The number of hydrogen-bond acceptors (Lipinski definition) is 6. The lowest BCUT2D eigenvalue weighted by atomic mass is 10.2. The number of imidazole rings is 1. The van der Waals surface area contributed by atoms with E-state index in [2.05, 4.69) is 20.6 Å². The molecular weight excluding hydrogens is 431 g/mol. The summed E-state index contributed by atoms with van der Waals surface area (Å²) in [6.07, 6.45) is -1.95. The summed E-state index contributed by atoms with van der Waals surface area (Å²) in [6.45, 7) is 1.24. The van der Waals surface area contributed by atoms with Crippen molar-refractivity contribution >= 4 is 23.1 Å². The number of rotatable bonds is 4. The Kier molecular flexibility index (Phi) is 5.80. The number of amides is 2. The summed E-state index contributed by atoms with van der Waals surface area (Å²) >= 11 is 0. The van der Waals surface area contributed by atoms with Crippen LogP contribution in [0.3, 0.4) is 0 Å². The number of hydrogen-bond donors (Lipinski definition) is 2. The molecule has 0 bridgehead atoms. The summed E-state index contributed by atoms with van der Waals surface area (Å²) in [7, 11) is 1.41. The molecule has 12 heteroatoms. The molecule has 1 fully saturated rings. The molecule has 1 saturated heterocycles. The lowest BCUT2D eigenvalue weighted by Gasteiger charge is -2.20. The Morgan fingerprint density at radius 1 is 1.16 bits per heavy atom. The number of fused-ring (bicyclic) bond motifs is 1. The van der Waals surface area contributed by atoms with E-state index in [0.29, 0.717) is 31.2 Å². The van der Waals surface area contributed by atoms with Crippen molar-refractivity contribution in [3.63, 3.8) is 0 Å². The first-order valence-corrected chi connectivity index (χ1v) is 9.56. The van der Waals surface area contributed by atoms with Crippen molar-refractivity contribution in [3.05, 3.63) is 59.3 Å². The molecule has 1 atom stereocenters. The van der Waals surface area contributed by atoms with E-state index in [1.165, 1.54) is 19.3 Å². The summed E-state index contributed by atoms with van der Waals surface area (Å²) in [5.74, 6) is -1.41. The van der Waals surface area contributed by atoms with E-state index in [4.69, 9.17) is 9.47 Å². The molecular formula is C20H18F3N5O4. The van der Waals surface area contributed by atoms with Gasteiger partial charge in [0.2, 0.25) is 0 Å². The number of carbonyl (C=O) groups excluding carboxylic acids is 2. The molecule has 3 aromatic heterocycles. The van der Waals surface area contributed by atoms with Gasteiger partial charge in [0.1, 0.15) is 23.1 Å². The molecule has 4 rings (SSSR count). The molecule has 168 valence electrons. The number of aromatic nitrogens is 3. The van der Waals surface area contributed by atoms with E-state index in [0.717, 1.165) is 18.2 Å². The molecule has 4 heterocycles. The summed E-state index contributed by atoms with van der Waals surface area (Å²) < 4.78 is 51.4. The zero-order valence-electron chi connectivity index (χ0n) is 16.8. The fourth-order valence-electron chi connectivity index (χ4n) is 3.19. The molecule has 32 heavy (non-hydrogen) atoms. The number of nitrogens with one attached hydrogen (secondary N) is 2. The van der Waals surface area contributed by atoms with Gasteiger partial charge in [0.05, 0.1) is 36.8 Å². The Bertz CT molecular complexity index is 1170. The molecule has 2 N–H and O–H groups in total. The summed E-state index contributed by atoms with van der Waals surface area (Å²) in [5.41, 5.74) is -0.481. The molecule has 2 amide bonds. The topological polar surface area (TPSA) is 107 Å². The van der Waals surface area contributed by atoms with Gasteiger partial charge in [-0.1, -0.05) is 6.07 Å². The Labute approximate surface area is 179 Å². The number of carbonyl (C=O) groups is 2. The van der Waals surface area contributed by atoms with Gasteiger partial charge in [-0.25, -0.2) is 9.97 Å². The van der Waals surface area contributed by atoms with Crippen molar-refractivity contribution in [2.24, 2.45) is 0 Å². The van der Waals surface area contributed by atoms with E-state index in [9.17, 15) is 22.8 Å². The van der Waals surface area contributed by atoms with Crippen LogP contribution in [0.4, 0.5) is 18.9 Å². The van der Waals surface area contributed by atoms with E-state index < -0.39 is 29.4 Å². The Morgan fingerprint density at radius 3 is 2.66 bits per heavy atom. The molecule has 1 unspecified atom stereocenters. The second-order valence-electron chi connectivity index (χ2n) is 6.91. The van der Waals surface area contributed by atoms with Gasteiger partial charge in [-0.05, 0) is 18.2 Å². The highest BCUT2D eigenvalue weighted by atomic mass is 19.4. The predicted molar refractivity (Wildman–Crippen MR) is 105 cm³/mol. The molecule has 1 aliphatic heterocycles. The third-order valence-electron chi connectivity index (χ3n) is 4.75. The predicted octanol–water partition coefficient (Wildman–Crippen LogP) is 2.45. The lowest BCUT2D eigenvalue weighted by Crippen LogP contribution is -2.23. The quantitative estimate of drug-likeness (QED) is 0.634. The van der Waals surface area contributed by atoms with Crippen molar-refractivity contribution in [1.29, 1.82) is 0 Å². The largest absolute Gasteiger partial charge is 0.433 e. The second-order valence-corrected chi connectivity index (χ2v) is 6.91. The van der Waals surface area contributed by atoms with Crippen LogP contribution in [0.1, 0.15) is 38.3 Å². The van der Waals surface area contributed by atoms with Crippen molar-refractivity contribution in [3.8, 4) is 0 Å². The SMILES string of the molecule is CNC(=O)c1cc2nc(C3COCCO3)cn2cc1NC(=O)c1cccc(C(F)(F)F)n1. The van der Waals surface area contributed by atoms with Crippen LogP contribution in [-0.4, -0.2) is 53.1 Å². The lowest BCUT2D eigenvalue weighted by molar-refractivity contribution is -0.141. The van der Waals surface area contributed by atoms with Crippen LogP contribution in [0.5, 0.6) is 0 Å². The summed E-state index contributed by atoms with van der Waals surface area (Å²) in [4.78, 5) is 32.8. The first kappa shape index (κ1) is 21.7. The summed E-state index contributed by atoms with van der Waals surface area (Å²) in [6, 6.07) is 4.46. The number of alkyl halides is 3. The maximum atomic E-state index is 12.9. The highest BCUT2D eigenvalue weighted by Gasteiger charge is 2.33. The average Bonchev–Trinajstić information content (AvgIpc) is 3.21. The van der Waals surface area contributed by atoms with Gasteiger partial charge < -0.3 is 24.5 Å². The van der Waals surface area contributed by atoms with Gasteiger partial charge in [0, 0.05) is 19.4 Å². The standard InChI is InChI=1S/C20H18F3N5O4/c1-24-18(29)11-7-17-26-14(15-10-31-5-6-32-15)9-28(17)8-13(11)27-19(30)12-3-2-4-16(25-12)20(21,22)23/h2-4,7-9,15H,5-6,10H2,1H3,(H,24,29)(H,27,30). The molecule has 3 aromatic rings. The van der Waals surface area contributed by atoms with E-state index in [1.807, 2.05) is 0 Å². The van der Waals surface area contributed by atoms with Crippen LogP contribution in [0.2, 0.25) is 0 Å². The molecule has 9 nitrogen and oxygen atoms in total. The number of ether oxygens (including phenoxy) is 2. The van der Waals surface area contributed by atoms with Crippen molar-refractivity contribution < 1.29 is 32.2 Å². The van der Waals surface area contributed by atoms with Gasteiger partial charge >= 0.3 is 6.18 Å². The zero-order chi connectivity index (χ0) is 22.9.